The smallest absolute Gasteiger partial charge is 0.228 e. The minimum absolute atomic E-state index is 0.146. The Morgan fingerprint density at radius 2 is 2.07 bits per heavy atom. The molecule has 0 aromatic heterocycles. The fourth-order valence-electron chi connectivity index (χ4n) is 2.68. The van der Waals surface area contributed by atoms with Gasteiger partial charge in [0.05, 0.1) is 12.5 Å². The van der Waals surface area contributed by atoms with Gasteiger partial charge < -0.3 is 15.0 Å². The highest BCUT2D eigenvalue weighted by Gasteiger charge is 2.40. The van der Waals surface area contributed by atoms with Crippen LogP contribution in [0.3, 0.4) is 0 Å². The molecule has 0 aromatic carbocycles. The van der Waals surface area contributed by atoms with Crippen molar-refractivity contribution in [3.8, 4) is 0 Å². The normalized spacial score (nSPS) is 40.9. The van der Waals surface area contributed by atoms with Gasteiger partial charge in [-0.25, -0.2) is 0 Å². The summed E-state index contributed by atoms with van der Waals surface area (Å²) in [5, 5.41) is 3.43. The van der Waals surface area contributed by atoms with Gasteiger partial charge in [-0.2, -0.15) is 0 Å². The van der Waals surface area contributed by atoms with Crippen molar-refractivity contribution in [3.05, 3.63) is 0 Å². The largest absolute Gasteiger partial charge is 0.381 e. The van der Waals surface area contributed by atoms with Crippen molar-refractivity contribution in [3.63, 3.8) is 0 Å². The molecule has 4 aliphatic rings. The van der Waals surface area contributed by atoms with Crippen LogP contribution in [0.1, 0.15) is 12.8 Å². The van der Waals surface area contributed by atoms with Gasteiger partial charge in [0.1, 0.15) is 0 Å². The van der Waals surface area contributed by atoms with Crippen LogP contribution in [-0.2, 0) is 9.53 Å². The third kappa shape index (κ3) is 1.33. The van der Waals surface area contributed by atoms with Gasteiger partial charge in [-0.15, -0.1) is 0 Å². The Morgan fingerprint density at radius 1 is 1.36 bits per heavy atom. The van der Waals surface area contributed by atoms with E-state index in [4.69, 9.17) is 4.74 Å². The number of rotatable bonds is 1. The van der Waals surface area contributed by atoms with Crippen LogP contribution in [0, 0.1) is 5.92 Å². The second-order valence-corrected chi connectivity index (χ2v) is 4.60. The third-order valence-electron chi connectivity index (χ3n) is 3.51. The molecule has 1 amide bonds. The first-order chi connectivity index (χ1) is 6.83. The van der Waals surface area contributed by atoms with E-state index in [1.807, 2.05) is 4.90 Å². The molecule has 0 aliphatic carbocycles. The predicted molar refractivity (Wildman–Crippen MR) is 50.8 cm³/mol. The quantitative estimate of drug-likeness (QED) is 0.620. The number of piperidine rings is 1. The van der Waals surface area contributed by atoms with Crippen molar-refractivity contribution in [2.45, 2.75) is 24.9 Å². The number of amides is 1. The summed E-state index contributed by atoms with van der Waals surface area (Å²) in [4.78, 5) is 14.0. The van der Waals surface area contributed by atoms with E-state index in [1.165, 1.54) is 6.42 Å². The monoisotopic (exact) mass is 196 g/mol. The lowest BCUT2D eigenvalue weighted by molar-refractivity contribution is -0.139. The highest BCUT2D eigenvalue weighted by molar-refractivity contribution is 5.79. The van der Waals surface area contributed by atoms with Gasteiger partial charge >= 0.3 is 0 Å². The first-order valence-electron chi connectivity index (χ1n) is 5.45. The standard InChI is InChI=1S/C10H16N2O2/c13-10(7-1-2-14-6-7)12-4-8-3-9(5-12)11-8/h7-9,11H,1-6H2/t7?,8-,9+. The SMILES string of the molecule is O=C(C1CCOC1)N1C[C@H]2C[C@@H](C1)N2. The van der Waals surface area contributed by atoms with Crippen molar-refractivity contribution in [2.24, 2.45) is 5.92 Å². The number of hydrogen-bond donors (Lipinski definition) is 1. The van der Waals surface area contributed by atoms with E-state index in [9.17, 15) is 4.79 Å². The van der Waals surface area contributed by atoms with Crippen LogP contribution in [-0.4, -0.2) is 49.2 Å². The van der Waals surface area contributed by atoms with Crippen LogP contribution in [0.4, 0.5) is 0 Å². The second kappa shape index (κ2) is 3.21. The molecule has 78 valence electrons. The third-order valence-corrected chi connectivity index (χ3v) is 3.51. The van der Waals surface area contributed by atoms with Crippen LogP contribution < -0.4 is 5.32 Å². The number of hydrogen-bond acceptors (Lipinski definition) is 3. The molecule has 0 aromatic rings. The lowest BCUT2D eigenvalue weighted by atomic mass is 9.90. The number of carbonyl (C=O) groups excluding carboxylic acids is 1. The molecular formula is C10H16N2O2. The maximum Gasteiger partial charge on any atom is 0.228 e. The molecular weight excluding hydrogens is 180 g/mol. The Balaban J connectivity index is 1.61. The van der Waals surface area contributed by atoms with Gasteiger partial charge in [0.25, 0.3) is 0 Å². The molecule has 1 unspecified atom stereocenters. The van der Waals surface area contributed by atoms with Crippen molar-refractivity contribution in [1.82, 2.24) is 10.2 Å². The van der Waals surface area contributed by atoms with Gasteiger partial charge in [-0.05, 0) is 12.8 Å². The summed E-state index contributed by atoms with van der Waals surface area (Å²) >= 11 is 0. The molecule has 1 N–H and O–H groups in total. The maximum atomic E-state index is 12.0. The molecule has 4 saturated heterocycles. The zero-order valence-electron chi connectivity index (χ0n) is 8.24. The summed E-state index contributed by atoms with van der Waals surface area (Å²) < 4.78 is 5.24. The molecule has 14 heavy (non-hydrogen) atoms. The highest BCUT2D eigenvalue weighted by Crippen LogP contribution is 2.24. The van der Waals surface area contributed by atoms with Gasteiger partial charge in [-0.3, -0.25) is 4.79 Å². The molecule has 0 saturated carbocycles. The van der Waals surface area contributed by atoms with Crippen LogP contribution in [0.5, 0.6) is 0 Å². The fourth-order valence-corrected chi connectivity index (χ4v) is 2.68. The molecule has 4 heterocycles. The average molecular weight is 196 g/mol. The first kappa shape index (κ1) is 8.68. The van der Waals surface area contributed by atoms with Gasteiger partial charge in [0.2, 0.25) is 5.91 Å². The zero-order chi connectivity index (χ0) is 9.54. The molecule has 4 rings (SSSR count). The van der Waals surface area contributed by atoms with Crippen molar-refractivity contribution in [1.29, 1.82) is 0 Å². The van der Waals surface area contributed by atoms with E-state index in [0.29, 0.717) is 24.6 Å². The molecule has 3 atom stereocenters. The summed E-state index contributed by atoms with van der Waals surface area (Å²) in [6, 6.07) is 1.14. The molecule has 0 spiro atoms. The Bertz CT molecular complexity index is 235. The Kier molecular flexibility index (Phi) is 1.99. The van der Waals surface area contributed by atoms with E-state index in [0.717, 1.165) is 26.1 Å². The lowest BCUT2D eigenvalue weighted by Gasteiger charge is -2.48. The molecule has 4 aliphatic heterocycles. The number of nitrogens with one attached hydrogen (secondary N) is 1. The van der Waals surface area contributed by atoms with E-state index in [-0.39, 0.29) is 5.92 Å². The number of fused-ring (bicyclic) bond motifs is 2. The maximum absolute atomic E-state index is 12.0. The summed E-state index contributed by atoms with van der Waals surface area (Å²) in [6.45, 7) is 3.21. The first-order valence-corrected chi connectivity index (χ1v) is 5.45. The Labute approximate surface area is 83.6 Å². The minimum Gasteiger partial charge on any atom is -0.381 e. The number of carbonyl (C=O) groups is 1. The molecule has 0 radical (unpaired) electrons. The van der Waals surface area contributed by atoms with Crippen LogP contribution in [0.25, 0.3) is 0 Å². The van der Waals surface area contributed by atoms with Crippen molar-refractivity contribution >= 4 is 5.91 Å². The fraction of sp³-hybridized carbons (Fsp3) is 0.900. The topological polar surface area (TPSA) is 41.6 Å². The van der Waals surface area contributed by atoms with E-state index < -0.39 is 0 Å². The minimum atomic E-state index is 0.146. The molecule has 4 fully saturated rings. The van der Waals surface area contributed by atoms with E-state index in [1.54, 1.807) is 0 Å². The summed E-state index contributed by atoms with van der Waals surface area (Å²) in [5.74, 6) is 0.464. The molecule has 4 nitrogen and oxygen atoms in total. The Morgan fingerprint density at radius 3 is 2.64 bits per heavy atom. The zero-order valence-corrected chi connectivity index (χ0v) is 8.24. The predicted octanol–water partition coefficient (Wildman–Crippen LogP) is -0.404. The summed E-state index contributed by atoms with van der Waals surface area (Å²) in [6.07, 6.45) is 2.17. The van der Waals surface area contributed by atoms with E-state index >= 15 is 0 Å². The van der Waals surface area contributed by atoms with Crippen LogP contribution in [0.15, 0.2) is 0 Å². The number of nitrogens with zero attached hydrogens (tertiary/aromatic N) is 1. The van der Waals surface area contributed by atoms with Gasteiger partial charge in [0, 0.05) is 31.8 Å². The van der Waals surface area contributed by atoms with Gasteiger partial charge in [-0.1, -0.05) is 0 Å². The average Bonchev–Trinajstić information content (AvgIpc) is 2.68. The number of piperazine rings is 1. The van der Waals surface area contributed by atoms with Gasteiger partial charge in [0.15, 0.2) is 0 Å². The number of ether oxygens (including phenoxy) is 1. The lowest BCUT2D eigenvalue weighted by Crippen LogP contribution is -2.68. The van der Waals surface area contributed by atoms with Crippen LogP contribution >= 0.6 is 0 Å². The van der Waals surface area contributed by atoms with Crippen molar-refractivity contribution in [2.75, 3.05) is 26.3 Å². The van der Waals surface area contributed by atoms with E-state index in [2.05, 4.69) is 5.32 Å². The molecule has 4 heteroatoms. The summed E-state index contributed by atoms with van der Waals surface area (Å²) in [5.41, 5.74) is 0. The van der Waals surface area contributed by atoms with Crippen LogP contribution in [0.2, 0.25) is 0 Å². The Hall–Kier alpha value is -0.610. The highest BCUT2D eigenvalue weighted by atomic mass is 16.5. The summed E-state index contributed by atoms with van der Waals surface area (Å²) in [7, 11) is 0. The van der Waals surface area contributed by atoms with Crippen molar-refractivity contribution < 1.29 is 9.53 Å². The molecule has 2 bridgehead atoms. The second-order valence-electron chi connectivity index (χ2n) is 4.60.